The van der Waals surface area contributed by atoms with Crippen LogP contribution < -0.4 is 11.0 Å². The van der Waals surface area contributed by atoms with Gasteiger partial charge < -0.3 is 15.3 Å². The van der Waals surface area contributed by atoms with E-state index in [1.165, 1.54) is 12.1 Å². The Balaban J connectivity index is 1.87. The maximum absolute atomic E-state index is 13.1. The van der Waals surface area contributed by atoms with Gasteiger partial charge in [-0.3, -0.25) is 0 Å². The van der Waals surface area contributed by atoms with E-state index in [0.717, 1.165) is 10.5 Å². The molecule has 0 saturated heterocycles. The van der Waals surface area contributed by atoms with E-state index in [4.69, 9.17) is 0 Å². The highest BCUT2D eigenvalue weighted by Gasteiger charge is 2.06. The summed E-state index contributed by atoms with van der Waals surface area (Å²) in [6.45, 7) is 0.257. The molecule has 0 fully saturated rings. The molecule has 1 heterocycles. The molecule has 108 valence electrons. The lowest BCUT2D eigenvalue weighted by Crippen LogP contribution is -2.01. The Morgan fingerprint density at radius 2 is 1.62 bits per heavy atom. The molecule has 3 rings (SSSR count). The molecule has 0 saturated carbocycles. The zero-order valence-corrected chi connectivity index (χ0v) is 12.2. The zero-order valence-electron chi connectivity index (χ0n) is 10.6. The van der Waals surface area contributed by atoms with Gasteiger partial charge in [-0.05, 0) is 45.8 Å². The van der Waals surface area contributed by atoms with Crippen molar-refractivity contribution in [3.63, 3.8) is 0 Å². The molecule has 4 nitrogen and oxygen atoms in total. The highest BCUT2D eigenvalue weighted by atomic mass is 79.9. The molecule has 7 heteroatoms. The highest BCUT2D eigenvalue weighted by molar-refractivity contribution is 9.10. The van der Waals surface area contributed by atoms with E-state index in [9.17, 15) is 13.6 Å². The van der Waals surface area contributed by atoms with Gasteiger partial charge in [-0.1, -0.05) is 0 Å². The van der Waals surface area contributed by atoms with E-state index < -0.39 is 11.6 Å². The minimum absolute atomic E-state index is 0.257. The minimum atomic E-state index is -0.615. The Hall–Kier alpha value is -2.15. The number of hydrogen-bond donors (Lipinski definition) is 3. The molecule has 0 bridgehead atoms. The van der Waals surface area contributed by atoms with Crippen LogP contribution in [-0.4, -0.2) is 9.97 Å². The summed E-state index contributed by atoms with van der Waals surface area (Å²) in [5.41, 5.74) is 2.23. The van der Waals surface area contributed by atoms with Gasteiger partial charge in [0.05, 0.1) is 16.7 Å². The Morgan fingerprint density at radius 3 is 2.29 bits per heavy atom. The lowest BCUT2D eigenvalue weighted by atomic mass is 10.2. The zero-order chi connectivity index (χ0) is 15.0. The molecule has 0 aliphatic heterocycles. The number of imidazole rings is 1. The maximum atomic E-state index is 13.1. The molecule has 2 aromatic carbocycles. The first-order valence-corrected chi connectivity index (χ1v) is 6.91. The molecule has 3 N–H and O–H groups in total. The second-order valence-electron chi connectivity index (χ2n) is 4.59. The normalized spacial score (nSPS) is 11.0. The predicted octanol–water partition coefficient (Wildman–Crippen LogP) is 3.51. The van der Waals surface area contributed by atoms with Gasteiger partial charge >= 0.3 is 5.69 Å². The summed E-state index contributed by atoms with van der Waals surface area (Å²) >= 11 is 3.38. The van der Waals surface area contributed by atoms with E-state index in [1.54, 1.807) is 12.1 Å². The average molecular weight is 354 g/mol. The second kappa shape index (κ2) is 5.33. The first-order chi connectivity index (χ1) is 10.0. The van der Waals surface area contributed by atoms with Crippen molar-refractivity contribution in [1.29, 1.82) is 0 Å². The molecule has 0 spiro atoms. The van der Waals surface area contributed by atoms with Gasteiger partial charge in [-0.15, -0.1) is 0 Å². The molecular formula is C14H10BrF2N3O. The molecular weight excluding hydrogens is 344 g/mol. The van der Waals surface area contributed by atoms with Crippen molar-refractivity contribution in [3.8, 4) is 0 Å². The van der Waals surface area contributed by atoms with E-state index in [2.05, 4.69) is 31.2 Å². The average Bonchev–Trinajstić information content (AvgIpc) is 2.74. The molecule has 21 heavy (non-hydrogen) atoms. The van der Waals surface area contributed by atoms with Crippen molar-refractivity contribution in [3.05, 3.63) is 62.5 Å². The number of halogens is 3. The number of aromatic nitrogens is 2. The van der Waals surface area contributed by atoms with Crippen molar-refractivity contribution < 1.29 is 8.78 Å². The van der Waals surface area contributed by atoms with Crippen LogP contribution >= 0.6 is 15.9 Å². The Bertz CT molecular complexity index is 852. The number of fused-ring (bicyclic) bond motifs is 1. The van der Waals surface area contributed by atoms with Crippen LogP contribution in [0.2, 0.25) is 0 Å². The predicted molar refractivity (Wildman–Crippen MR) is 80.3 cm³/mol. The van der Waals surface area contributed by atoms with E-state index in [0.29, 0.717) is 22.3 Å². The summed E-state index contributed by atoms with van der Waals surface area (Å²) in [5, 5.41) is 3.07. The van der Waals surface area contributed by atoms with Gasteiger partial charge in [0.15, 0.2) is 0 Å². The number of aromatic amines is 2. The highest BCUT2D eigenvalue weighted by Crippen LogP contribution is 2.27. The molecule has 0 unspecified atom stereocenters. The smallest absolute Gasteiger partial charge is 0.323 e. The van der Waals surface area contributed by atoms with Crippen LogP contribution in [0.25, 0.3) is 11.0 Å². The molecule has 0 radical (unpaired) electrons. The standard InChI is InChI=1S/C14H10BrF2N3O/c15-10-4-12-13(20-14(21)19-12)5-11(10)18-6-7-1-8(16)3-9(17)2-7/h1-5,18H,6H2,(H2,19,20,21). The Labute approximate surface area is 126 Å². The van der Waals surface area contributed by atoms with Crippen LogP contribution in [0.15, 0.2) is 39.6 Å². The fraction of sp³-hybridized carbons (Fsp3) is 0.0714. The minimum Gasteiger partial charge on any atom is -0.380 e. The van der Waals surface area contributed by atoms with Crippen molar-refractivity contribution in [2.24, 2.45) is 0 Å². The van der Waals surface area contributed by atoms with Crippen LogP contribution in [0.1, 0.15) is 5.56 Å². The molecule has 0 aliphatic carbocycles. The second-order valence-corrected chi connectivity index (χ2v) is 5.44. The fourth-order valence-electron chi connectivity index (χ4n) is 2.10. The van der Waals surface area contributed by atoms with Crippen LogP contribution in [0.3, 0.4) is 0 Å². The first-order valence-electron chi connectivity index (χ1n) is 6.11. The SMILES string of the molecule is O=c1[nH]c2cc(Br)c(NCc3cc(F)cc(F)c3)cc2[nH]1. The molecule has 1 aromatic heterocycles. The van der Waals surface area contributed by atoms with Gasteiger partial charge in [0.25, 0.3) is 0 Å². The lowest BCUT2D eigenvalue weighted by Gasteiger charge is -2.09. The number of benzene rings is 2. The molecule has 3 aromatic rings. The van der Waals surface area contributed by atoms with Crippen LogP contribution in [0, 0.1) is 11.6 Å². The van der Waals surface area contributed by atoms with Crippen molar-refractivity contribution in [1.82, 2.24) is 9.97 Å². The van der Waals surface area contributed by atoms with E-state index >= 15 is 0 Å². The fourth-order valence-corrected chi connectivity index (χ4v) is 2.59. The van der Waals surface area contributed by atoms with Gasteiger partial charge in [-0.25, -0.2) is 13.6 Å². The van der Waals surface area contributed by atoms with Gasteiger partial charge in [0.2, 0.25) is 0 Å². The quantitative estimate of drug-likeness (QED) is 0.674. The van der Waals surface area contributed by atoms with Gasteiger partial charge in [-0.2, -0.15) is 0 Å². The summed E-state index contributed by atoms with van der Waals surface area (Å²) in [4.78, 5) is 16.5. The monoisotopic (exact) mass is 353 g/mol. The Morgan fingerprint density at radius 1 is 1.00 bits per heavy atom. The maximum Gasteiger partial charge on any atom is 0.323 e. The van der Waals surface area contributed by atoms with E-state index in [-0.39, 0.29) is 12.2 Å². The largest absolute Gasteiger partial charge is 0.380 e. The molecule has 0 atom stereocenters. The number of rotatable bonds is 3. The number of H-pyrrole nitrogens is 2. The number of nitrogens with one attached hydrogen (secondary N) is 3. The Kier molecular flexibility index (Phi) is 3.50. The van der Waals surface area contributed by atoms with Gasteiger partial charge in [0.1, 0.15) is 11.6 Å². The summed E-state index contributed by atoms with van der Waals surface area (Å²) < 4.78 is 27.0. The lowest BCUT2D eigenvalue weighted by molar-refractivity contribution is 0.580. The third kappa shape index (κ3) is 2.97. The van der Waals surface area contributed by atoms with Crippen molar-refractivity contribution in [2.45, 2.75) is 6.54 Å². The topological polar surface area (TPSA) is 60.7 Å². The van der Waals surface area contributed by atoms with Crippen LogP contribution in [0.5, 0.6) is 0 Å². The van der Waals surface area contributed by atoms with Crippen molar-refractivity contribution in [2.75, 3.05) is 5.32 Å². The van der Waals surface area contributed by atoms with Crippen molar-refractivity contribution >= 4 is 32.7 Å². The van der Waals surface area contributed by atoms with Crippen LogP contribution in [0.4, 0.5) is 14.5 Å². The number of hydrogen-bond acceptors (Lipinski definition) is 2. The van der Waals surface area contributed by atoms with Crippen LogP contribution in [-0.2, 0) is 6.54 Å². The van der Waals surface area contributed by atoms with Gasteiger partial charge in [0, 0.05) is 17.1 Å². The molecule has 0 aliphatic rings. The summed E-state index contributed by atoms with van der Waals surface area (Å²) in [7, 11) is 0. The molecule has 0 amide bonds. The third-order valence-electron chi connectivity index (χ3n) is 3.01. The summed E-state index contributed by atoms with van der Waals surface area (Å²) in [6, 6.07) is 6.85. The first kappa shape index (κ1) is 13.8. The third-order valence-corrected chi connectivity index (χ3v) is 3.67. The summed E-state index contributed by atoms with van der Waals surface area (Å²) in [6.07, 6.45) is 0. The van der Waals surface area contributed by atoms with E-state index in [1.807, 2.05) is 0 Å². The number of anilines is 1. The summed E-state index contributed by atoms with van der Waals surface area (Å²) in [5.74, 6) is -1.23.